The van der Waals surface area contributed by atoms with Crippen molar-refractivity contribution in [2.75, 3.05) is 12.1 Å². The summed E-state index contributed by atoms with van der Waals surface area (Å²) >= 11 is 3.22. The van der Waals surface area contributed by atoms with Gasteiger partial charge in [0.1, 0.15) is 12.1 Å². The molecule has 3 nitrogen and oxygen atoms in total. The SMILES string of the molecule is N[C@H]1COc2c(cccc2OCBr)C1. The van der Waals surface area contributed by atoms with E-state index in [9.17, 15) is 0 Å². The van der Waals surface area contributed by atoms with Gasteiger partial charge in [-0.15, -0.1) is 0 Å². The molecule has 0 fully saturated rings. The fourth-order valence-electron chi connectivity index (χ4n) is 1.59. The van der Waals surface area contributed by atoms with Gasteiger partial charge in [-0.1, -0.05) is 12.1 Å². The zero-order chi connectivity index (χ0) is 9.97. The van der Waals surface area contributed by atoms with Gasteiger partial charge < -0.3 is 15.2 Å². The van der Waals surface area contributed by atoms with E-state index in [0.717, 1.165) is 23.5 Å². The number of fused-ring (bicyclic) bond motifs is 1. The van der Waals surface area contributed by atoms with E-state index < -0.39 is 0 Å². The lowest BCUT2D eigenvalue weighted by Gasteiger charge is -2.23. The van der Waals surface area contributed by atoms with Crippen molar-refractivity contribution in [2.24, 2.45) is 5.73 Å². The Morgan fingerprint density at radius 1 is 1.57 bits per heavy atom. The van der Waals surface area contributed by atoms with Crippen LogP contribution in [0.3, 0.4) is 0 Å². The molecule has 2 N–H and O–H groups in total. The Labute approximate surface area is 91.3 Å². The first-order valence-corrected chi connectivity index (χ1v) is 5.62. The Balaban J connectivity index is 2.31. The second-order valence-corrected chi connectivity index (χ2v) is 3.73. The van der Waals surface area contributed by atoms with Crippen LogP contribution >= 0.6 is 15.9 Å². The predicted octanol–water partition coefficient (Wildman–Crippen LogP) is 1.68. The minimum absolute atomic E-state index is 0.0988. The average molecular weight is 258 g/mol. The third-order valence-corrected chi connectivity index (χ3v) is 2.42. The van der Waals surface area contributed by atoms with Crippen molar-refractivity contribution in [3.05, 3.63) is 23.8 Å². The molecule has 0 aliphatic carbocycles. The van der Waals surface area contributed by atoms with Crippen LogP contribution < -0.4 is 15.2 Å². The molecule has 1 atom stereocenters. The molecule has 0 amide bonds. The lowest BCUT2D eigenvalue weighted by molar-refractivity contribution is 0.247. The van der Waals surface area contributed by atoms with Crippen LogP contribution in [0.5, 0.6) is 11.5 Å². The molecular weight excluding hydrogens is 246 g/mol. The fraction of sp³-hybridized carbons (Fsp3) is 0.400. The van der Waals surface area contributed by atoms with Gasteiger partial charge in [-0.2, -0.15) is 0 Å². The molecule has 1 aromatic rings. The molecule has 4 heteroatoms. The van der Waals surface area contributed by atoms with Gasteiger partial charge in [-0.3, -0.25) is 0 Å². The van der Waals surface area contributed by atoms with E-state index in [4.69, 9.17) is 15.2 Å². The second kappa shape index (κ2) is 4.19. The molecule has 0 saturated carbocycles. The van der Waals surface area contributed by atoms with Crippen molar-refractivity contribution in [3.8, 4) is 11.5 Å². The summed E-state index contributed by atoms with van der Waals surface area (Å²) in [6, 6.07) is 5.98. The van der Waals surface area contributed by atoms with Crippen molar-refractivity contribution < 1.29 is 9.47 Å². The monoisotopic (exact) mass is 257 g/mol. The van der Waals surface area contributed by atoms with E-state index in [0.29, 0.717) is 12.1 Å². The number of ether oxygens (including phenoxy) is 2. The Bertz CT molecular complexity index is 316. The molecule has 76 valence electrons. The number of rotatable bonds is 2. The number of hydrogen-bond acceptors (Lipinski definition) is 3. The van der Waals surface area contributed by atoms with Crippen molar-refractivity contribution >= 4 is 15.9 Å². The van der Waals surface area contributed by atoms with Gasteiger partial charge in [-0.25, -0.2) is 0 Å². The molecule has 1 aromatic carbocycles. The maximum atomic E-state index is 5.80. The molecule has 0 spiro atoms. The highest BCUT2D eigenvalue weighted by molar-refractivity contribution is 9.09. The van der Waals surface area contributed by atoms with Crippen LogP contribution in [0.25, 0.3) is 0 Å². The third kappa shape index (κ3) is 1.86. The maximum Gasteiger partial charge on any atom is 0.164 e. The normalized spacial score (nSPS) is 19.7. The summed E-state index contributed by atoms with van der Waals surface area (Å²) in [4.78, 5) is 0. The van der Waals surface area contributed by atoms with E-state index >= 15 is 0 Å². The number of nitrogens with two attached hydrogens (primary N) is 1. The number of para-hydroxylation sites is 1. The number of alkyl halides is 1. The molecule has 1 heterocycles. The zero-order valence-corrected chi connectivity index (χ0v) is 9.29. The minimum Gasteiger partial charge on any atom is -0.488 e. The van der Waals surface area contributed by atoms with Gasteiger partial charge >= 0.3 is 0 Å². The highest BCUT2D eigenvalue weighted by atomic mass is 79.9. The number of benzene rings is 1. The minimum atomic E-state index is 0.0988. The van der Waals surface area contributed by atoms with Crippen LogP contribution in [0, 0.1) is 0 Å². The smallest absolute Gasteiger partial charge is 0.164 e. The van der Waals surface area contributed by atoms with Crippen molar-refractivity contribution in [2.45, 2.75) is 12.5 Å². The van der Waals surface area contributed by atoms with Gasteiger partial charge in [0, 0.05) is 6.04 Å². The first-order chi connectivity index (χ1) is 6.81. The number of halogens is 1. The molecule has 1 aliphatic heterocycles. The van der Waals surface area contributed by atoms with E-state index in [1.54, 1.807) is 0 Å². The Morgan fingerprint density at radius 2 is 2.43 bits per heavy atom. The molecule has 1 aliphatic rings. The first kappa shape index (κ1) is 9.80. The Kier molecular flexibility index (Phi) is 2.93. The standard InChI is InChI=1S/C10H12BrNO2/c11-6-14-9-3-1-2-7-4-8(12)5-13-10(7)9/h1-3,8H,4-6,12H2/t8-/m1/s1. The summed E-state index contributed by atoms with van der Waals surface area (Å²) in [7, 11) is 0. The molecule has 14 heavy (non-hydrogen) atoms. The molecule has 0 bridgehead atoms. The third-order valence-electron chi connectivity index (χ3n) is 2.19. The van der Waals surface area contributed by atoms with Crippen LogP contribution in [-0.2, 0) is 6.42 Å². The van der Waals surface area contributed by atoms with Crippen LogP contribution in [0.1, 0.15) is 5.56 Å². The van der Waals surface area contributed by atoms with Gasteiger partial charge in [0.05, 0.1) is 0 Å². The summed E-state index contributed by atoms with van der Waals surface area (Å²) in [6.07, 6.45) is 0.856. The first-order valence-electron chi connectivity index (χ1n) is 4.50. The fourth-order valence-corrected chi connectivity index (χ4v) is 1.84. The van der Waals surface area contributed by atoms with Crippen LogP contribution in [-0.4, -0.2) is 18.2 Å². The van der Waals surface area contributed by atoms with Gasteiger partial charge in [0.15, 0.2) is 11.5 Å². The van der Waals surface area contributed by atoms with Gasteiger partial charge in [0.2, 0.25) is 0 Å². The molecule has 0 radical (unpaired) electrons. The molecule has 0 unspecified atom stereocenters. The summed E-state index contributed by atoms with van der Waals surface area (Å²) in [5, 5.41) is 0. The highest BCUT2D eigenvalue weighted by Gasteiger charge is 2.19. The largest absolute Gasteiger partial charge is 0.488 e. The van der Waals surface area contributed by atoms with Crippen LogP contribution in [0.4, 0.5) is 0 Å². The Morgan fingerprint density at radius 3 is 3.21 bits per heavy atom. The quantitative estimate of drug-likeness (QED) is 0.821. The van der Waals surface area contributed by atoms with E-state index in [1.165, 1.54) is 0 Å². The van der Waals surface area contributed by atoms with Crippen LogP contribution in [0.2, 0.25) is 0 Å². The Hall–Kier alpha value is -0.740. The summed E-state index contributed by atoms with van der Waals surface area (Å²) in [5.41, 5.74) is 7.40. The molecular formula is C10H12BrNO2. The van der Waals surface area contributed by atoms with Crippen molar-refractivity contribution in [3.63, 3.8) is 0 Å². The second-order valence-electron chi connectivity index (χ2n) is 3.27. The summed E-state index contributed by atoms with van der Waals surface area (Å²) in [5.74, 6) is 1.62. The molecule has 0 saturated heterocycles. The van der Waals surface area contributed by atoms with Crippen molar-refractivity contribution in [1.29, 1.82) is 0 Å². The lowest BCUT2D eigenvalue weighted by Crippen LogP contribution is -2.33. The van der Waals surface area contributed by atoms with E-state index in [-0.39, 0.29) is 6.04 Å². The molecule has 2 rings (SSSR count). The van der Waals surface area contributed by atoms with Gasteiger partial charge in [-0.05, 0) is 34.0 Å². The van der Waals surface area contributed by atoms with E-state index in [2.05, 4.69) is 15.9 Å². The zero-order valence-electron chi connectivity index (χ0n) is 7.70. The average Bonchev–Trinajstić information content (AvgIpc) is 2.18. The van der Waals surface area contributed by atoms with E-state index in [1.807, 2.05) is 18.2 Å². The maximum absolute atomic E-state index is 5.80. The highest BCUT2D eigenvalue weighted by Crippen LogP contribution is 2.34. The summed E-state index contributed by atoms with van der Waals surface area (Å²) in [6.45, 7) is 0.565. The van der Waals surface area contributed by atoms with Crippen LogP contribution in [0.15, 0.2) is 18.2 Å². The van der Waals surface area contributed by atoms with Crippen molar-refractivity contribution in [1.82, 2.24) is 0 Å². The topological polar surface area (TPSA) is 44.5 Å². The molecule has 0 aromatic heterocycles. The number of hydrogen-bond donors (Lipinski definition) is 1. The lowest BCUT2D eigenvalue weighted by atomic mass is 10.0. The summed E-state index contributed by atoms with van der Waals surface area (Å²) < 4.78 is 10.9. The van der Waals surface area contributed by atoms with Gasteiger partial charge in [0.25, 0.3) is 0 Å². The predicted molar refractivity (Wildman–Crippen MR) is 58.0 cm³/mol.